The van der Waals surface area contributed by atoms with Gasteiger partial charge in [0.1, 0.15) is 11.6 Å². The molecule has 106 valence electrons. The number of nitrogens with two attached hydrogens (primary N) is 1. The Balaban J connectivity index is 2.00. The summed E-state index contributed by atoms with van der Waals surface area (Å²) in [5, 5.41) is 3.48. The largest absolute Gasteiger partial charge is 0.435 e. The molecule has 2 aromatic heterocycles. The van der Waals surface area contributed by atoms with E-state index in [1.165, 1.54) is 12.3 Å². The first-order valence-electron chi connectivity index (χ1n) is 5.96. The molecule has 2 aromatic rings. The third-order valence-electron chi connectivity index (χ3n) is 2.93. The summed E-state index contributed by atoms with van der Waals surface area (Å²) in [5.41, 5.74) is 1.42. The molecule has 0 radical (unpaired) electrons. The van der Waals surface area contributed by atoms with Gasteiger partial charge >= 0.3 is 6.18 Å². The molecule has 20 heavy (non-hydrogen) atoms. The SMILES string of the molecule is NNc1cc(-n2ccc(C(F)(F)F)n2)nc(C2CC2)n1. The molecule has 0 atom stereocenters. The average molecular weight is 284 g/mol. The maximum atomic E-state index is 12.5. The number of hydrogen-bond donors (Lipinski definition) is 2. The first-order chi connectivity index (χ1) is 9.47. The molecular formula is C11H11F3N6. The fourth-order valence-electron chi connectivity index (χ4n) is 1.77. The number of nitrogens with one attached hydrogen (secondary N) is 1. The van der Waals surface area contributed by atoms with Crippen molar-refractivity contribution in [2.24, 2.45) is 5.84 Å². The zero-order chi connectivity index (χ0) is 14.3. The number of nitrogen functional groups attached to an aromatic ring is 1. The van der Waals surface area contributed by atoms with E-state index >= 15 is 0 Å². The number of nitrogens with zero attached hydrogens (tertiary/aromatic N) is 4. The Morgan fingerprint density at radius 3 is 2.60 bits per heavy atom. The van der Waals surface area contributed by atoms with Gasteiger partial charge in [-0.1, -0.05) is 0 Å². The molecule has 9 heteroatoms. The summed E-state index contributed by atoms with van der Waals surface area (Å²) in [6.45, 7) is 0. The topological polar surface area (TPSA) is 81.6 Å². The van der Waals surface area contributed by atoms with Crippen LogP contribution in [0.5, 0.6) is 0 Å². The monoisotopic (exact) mass is 284 g/mol. The third kappa shape index (κ3) is 2.44. The standard InChI is InChI=1S/C11H11F3N6/c12-11(13,14)7-3-4-20(19-7)9-5-8(18-15)16-10(17-9)6-1-2-6/h3-6H,1-2,15H2,(H,16,17,18). The Bertz CT molecular complexity index is 631. The van der Waals surface area contributed by atoms with Crippen LogP contribution in [-0.2, 0) is 6.18 Å². The predicted octanol–water partition coefficient (Wildman–Crippen LogP) is 1.84. The van der Waals surface area contributed by atoms with Crippen LogP contribution in [0.25, 0.3) is 5.82 Å². The van der Waals surface area contributed by atoms with E-state index in [2.05, 4.69) is 20.5 Å². The molecule has 0 bridgehead atoms. The lowest BCUT2D eigenvalue weighted by molar-refractivity contribution is -0.141. The summed E-state index contributed by atoms with van der Waals surface area (Å²) >= 11 is 0. The van der Waals surface area contributed by atoms with Gasteiger partial charge in [-0.3, -0.25) is 0 Å². The molecule has 1 aliphatic carbocycles. The fourth-order valence-corrected chi connectivity index (χ4v) is 1.77. The maximum Gasteiger partial charge on any atom is 0.435 e. The lowest BCUT2D eigenvalue weighted by Gasteiger charge is -2.07. The van der Waals surface area contributed by atoms with Crippen molar-refractivity contribution < 1.29 is 13.2 Å². The number of halogens is 3. The van der Waals surface area contributed by atoms with Crippen molar-refractivity contribution in [3.63, 3.8) is 0 Å². The van der Waals surface area contributed by atoms with E-state index in [0.717, 1.165) is 23.6 Å². The highest BCUT2D eigenvalue weighted by molar-refractivity contribution is 5.41. The highest BCUT2D eigenvalue weighted by Gasteiger charge is 2.34. The van der Waals surface area contributed by atoms with Crippen molar-refractivity contribution in [1.29, 1.82) is 0 Å². The van der Waals surface area contributed by atoms with Crippen LogP contribution in [0.2, 0.25) is 0 Å². The molecule has 1 saturated carbocycles. The number of hydrogen-bond acceptors (Lipinski definition) is 5. The van der Waals surface area contributed by atoms with E-state index in [1.807, 2.05) is 0 Å². The van der Waals surface area contributed by atoms with Gasteiger partial charge in [0.05, 0.1) is 0 Å². The molecule has 0 spiro atoms. The van der Waals surface area contributed by atoms with Crippen LogP contribution >= 0.6 is 0 Å². The molecule has 6 nitrogen and oxygen atoms in total. The first kappa shape index (κ1) is 12.9. The van der Waals surface area contributed by atoms with Crippen molar-refractivity contribution in [3.8, 4) is 5.82 Å². The van der Waals surface area contributed by atoms with Crippen LogP contribution in [0.3, 0.4) is 0 Å². The lowest BCUT2D eigenvalue weighted by atomic mass is 10.4. The number of anilines is 1. The summed E-state index contributed by atoms with van der Waals surface area (Å²) in [6, 6.07) is 2.34. The second kappa shape index (κ2) is 4.44. The van der Waals surface area contributed by atoms with Crippen molar-refractivity contribution >= 4 is 5.82 Å². The summed E-state index contributed by atoms with van der Waals surface area (Å²) in [5.74, 6) is 6.73. The van der Waals surface area contributed by atoms with Gasteiger partial charge in [-0.05, 0) is 18.9 Å². The van der Waals surface area contributed by atoms with Gasteiger partial charge in [0.2, 0.25) is 0 Å². The maximum absolute atomic E-state index is 12.5. The van der Waals surface area contributed by atoms with Crippen molar-refractivity contribution in [2.75, 3.05) is 5.43 Å². The van der Waals surface area contributed by atoms with Crippen LogP contribution < -0.4 is 11.3 Å². The van der Waals surface area contributed by atoms with E-state index in [1.54, 1.807) is 0 Å². The van der Waals surface area contributed by atoms with Gasteiger partial charge in [-0.25, -0.2) is 20.5 Å². The Kier molecular flexibility index (Phi) is 2.85. The Morgan fingerprint density at radius 2 is 2.05 bits per heavy atom. The van der Waals surface area contributed by atoms with Crippen LogP contribution in [0, 0.1) is 0 Å². The normalized spacial score (nSPS) is 15.4. The van der Waals surface area contributed by atoms with Crippen molar-refractivity contribution in [1.82, 2.24) is 19.7 Å². The van der Waals surface area contributed by atoms with E-state index in [9.17, 15) is 13.2 Å². The molecule has 0 saturated heterocycles. The Hall–Kier alpha value is -2.16. The lowest BCUT2D eigenvalue weighted by Crippen LogP contribution is -2.13. The van der Waals surface area contributed by atoms with E-state index < -0.39 is 11.9 Å². The fraction of sp³-hybridized carbons (Fsp3) is 0.364. The molecule has 0 amide bonds. The molecule has 1 fully saturated rings. The predicted molar refractivity (Wildman–Crippen MR) is 63.9 cm³/mol. The molecular weight excluding hydrogens is 273 g/mol. The van der Waals surface area contributed by atoms with Crippen molar-refractivity contribution in [2.45, 2.75) is 24.9 Å². The molecule has 0 unspecified atom stereocenters. The molecule has 1 aliphatic rings. The zero-order valence-electron chi connectivity index (χ0n) is 10.2. The van der Waals surface area contributed by atoms with E-state index in [4.69, 9.17) is 5.84 Å². The summed E-state index contributed by atoms with van der Waals surface area (Å²) < 4.78 is 38.7. The van der Waals surface area contributed by atoms with Gasteiger partial charge in [-0.2, -0.15) is 18.3 Å². The van der Waals surface area contributed by atoms with Crippen LogP contribution in [0.4, 0.5) is 19.0 Å². The van der Waals surface area contributed by atoms with Crippen LogP contribution in [0.1, 0.15) is 30.3 Å². The summed E-state index contributed by atoms with van der Waals surface area (Å²) in [4.78, 5) is 8.42. The van der Waals surface area contributed by atoms with Crippen LogP contribution in [0.15, 0.2) is 18.3 Å². The highest BCUT2D eigenvalue weighted by Crippen LogP contribution is 2.38. The Labute approximate surface area is 111 Å². The number of aromatic nitrogens is 4. The molecule has 0 aliphatic heterocycles. The minimum absolute atomic E-state index is 0.250. The number of rotatable bonds is 3. The molecule has 3 rings (SSSR count). The third-order valence-corrected chi connectivity index (χ3v) is 2.93. The van der Waals surface area contributed by atoms with Crippen molar-refractivity contribution in [3.05, 3.63) is 29.8 Å². The van der Waals surface area contributed by atoms with E-state index in [0.29, 0.717) is 11.6 Å². The minimum atomic E-state index is -4.48. The highest BCUT2D eigenvalue weighted by atomic mass is 19.4. The summed E-state index contributed by atoms with van der Waals surface area (Å²) in [6.07, 6.45) is -1.32. The first-order valence-corrected chi connectivity index (χ1v) is 5.96. The van der Waals surface area contributed by atoms with Crippen LogP contribution in [-0.4, -0.2) is 19.7 Å². The second-order valence-electron chi connectivity index (χ2n) is 4.53. The second-order valence-corrected chi connectivity index (χ2v) is 4.53. The smallest absolute Gasteiger partial charge is 0.308 e. The van der Waals surface area contributed by atoms with E-state index in [-0.39, 0.29) is 11.7 Å². The van der Waals surface area contributed by atoms with Gasteiger partial charge in [-0.15, -0.1) is 0 Å². The quantitative estimate of drug-likeness (QED) is 0.664. The van der Waals surface area contributed by atoms with Gasteiger partial charge in [0, 0.05) is 18.2 Å². The Morgan fingerprint density at radius 1 is 1.30 bits per heavy atom. The minimum Gasteiger partial charge on any atom is -0.308 e. The number of hydrazine groups is 1. The average Bonchev–Trinajstić information content (AvgIpc) is 3.13. The van der Waals surface area contributed by atoms with Gasteiger partial charge < -0.3 is 5.43 Å². The zero-order valence-corrected chi connectivity index (χ0v) is 10.2. The summed E-state index contributed by atoms with van der Waals surface area (Å²) in [7, 11) is 0. The molecule has 2 heterocycles. The van der Waals surface area contributed by atoms with Gasteiger partial charge in [0.25, 0.3) is 0 Å². The molecule has 3 N–H and O–H groups in total. The molecule has 0 aromatic carbocycles. The van der Waals surface area contributed by atoms with Gasteiger partial charge in [0.15, 0.2) is 11.5 Å². The number of alkyl halides is 3.